The smallest absolute Gasteiger partial charge is 0.180 e. The number of hydrogen-bond acceptors (Lipinski definition) is 5. The lowest BCUT2D eigenvalue weighted by Gasteiger charge is -2.14. The summed E-state index contributed by atoms with van der Waals surface area (Å²) in [6.07, 6.45) is 3.14. The number of aromatic amines is 1. The van der Waals surface area contributed by atoms with E-state index in [1.807, 2.05) is 36.4 Å². The highest BCUT2D eigenvalue weighted by Gasteiger charge is 2.16. The van der Waals surface area contributed by atoms with Gasteiger partial charge >= 0.3 is 0 Å². The molecule has 2 aromatic heterocycles. The molecule has 0 amide bonds. The van der Waals surface area contributed by atoms with E-state index >= 15 is 0 Å². The van der Waals surface area contributed by atoms with E-state index in [2.05, 4.69) is 63.3 Å². The maximum absolute atomic E-state index is 6.11. The Morgan fingerprint density at radius 2 is 1.81 bits per heavy atom. The summed E-state index contributed by atoms with van der Waals surface area (Å²) in [4.78, 5) is 4.91. The molecule has 0 spiro atoms. The molecular weight excluding hydrogens is 398 g/mol. The van der Waals surface area contributed by atoms with Gasteiger partial charge in [0.05, 0.1) is 11.0 Å². The van der Waals surface area contributed by atoms with Crippen molar-refractivity contribution >= 4 is 16.7 Å². The number of nitrogens with one attached hydrogen (secondary N) is 1. The first kappa shape index (κ1) is 19.9. The van der Waals surface area contributed by atoms with Gasteiger partial charge in [-0.05, 0) is 70.8 Å². The number of aryl methyl sites for hydroxylation is 2. The van der Waals surface area contributed by atoms with Crippen LogP contribution in [0.1, 0.15) is 31.2 Å². The van der Waals surface area contributed by atoms with Crippen molar-refractivity contribution in [2.24, 2.45) is 0 Å². The summed E-state index contributed by atoms with van der Waals surface area (Å²) in [7, 11) is 0. The number of nitrogen functional groups attached to an aromatic ring is 1. The van der Waals surface area contributed by atoms with Crippen molar-refractivity contribution in [3.63, 3.8) is 0 Å². The number of tetrazole rings is 1. The second-order valence-electron chi connectivity index (χ2n) is 8.01. The Bertz CT molecular complexity index is 1380. The first-order valence-corrected chi connectivity index (χ1v) is 10.9. The van der Waals surface area contributed by atoms with Crippen LogP contribution in [0.15, 0.2) is 60.7 Å². The summed E-state index contributed by atoms with van der Waals surface area (Å²) in [6, 6.07) is 20.6. The minimum atomic E-state index is 0.655. The fraction of sp³-hybridized carbons (Fsp3) is 0.200. The lowest BCUT2D eigenvalue weighted by Crippen LogP contribution is -2.02. The molecule has 7 heteroatoms. The van der Waals surface area contributed by atoms with Gasteiger partial charge < -0.3 is 5.73 Å². The van der Waals surface area contributed by atoms with Crippen LogP contribution in [0.25, 0.3) is 39.2 Å². The zero-order valence-corrected chi connectivity index (χ0v) is 18.2. The summed E-state index contributed by atoms with van der Waals surface area (Å²) in [6.45, 7) is 4.33. The number of nitrogens with zero attached hydrogens (tertiary/aromatic N) is 5. The van der Waals surface area contributed by atoms with E-state index in [0.717, 1.165) is 69.7 Å². The van der Waals surface area contributed by atoms with Crippen molar-refractivity contribution in [3.05, 3.63) is 72.1 Å². The van der Waals surface area contributed by atoms with Gasteiger partial charge in [0.25, 0.3) is 0 Å². The molecule has 0 unspecified atom stereocenters. The fourth-order valence-corrected chi connectivity index (χ4v) is 4.22. The molecule has 2 heterocycles. The van der Waals surface area contributed by atoms with Crippen LogP contribution in [0, 0.1) is 6.92 Å². The van der Waals surface area contributed by atoms with Crippen LogP contribution in [0.4, 0.5) is 5.69 Å². The van der Waals surface area contributed by atoms with Crippen LogP contribution in [0.3, 0.4) is 0 Å². The number of H-pyrrole nitrogens is 1. The van der Waals surface area contributed by atoms with E-state index in [1.165, 1.54) is 0 Å². The zero-order valence-electron chi connectivity index (χ0n) is 18.2. The van der Waals surface area contributed by atoms with Crippen molar-refractivity contribution in [2.45, 2.75) is 33.1 Å². The largest absolute Gasteiger partial charge is 0.399 e. The summed E-state index contributed by atoms with van der Waals surface area (Å²) >= 11 is 0. The number of benzene rings is 3. The molecule has 3 N–H and O–H groups in total. The number of fused-ring (bicyclic) bond motifs is 1. The van der Waals surface area contributed by atoms with Gasteiger partial charge in [-0.15, -0.1) is 5.10 Å². The van der Waals surface area contributed by atoms with E-state index in [4.69, 9.17) is 10.7 Å². The van der Waals surface area contributed by atoms with Crippen LogP contribution in [0.5, 0.6) is 0 Å². The molecule has 0 aliphatic carbocycles. The fourth-order valence-electron chi connectivity index (χ4n) is 4.22. The number of unbranched alkanes of at least 4 members (excludes halogenated alkanes) is 1. The number of rotatable bonds is 6. The second-order valence-corrected chi connectivity index (χ2v) is 8.01. The van der Waals surface area contributed by atoms with Gasteiger partial charge in [0.1, 0.15) is 5.82 Å². The highest BCUT2D eigenvalue weighted by Crippen LogP contribution is 2.34. The normalized spacial score (nSPS) is 11.3. The Kier molecular flexibility index (Phi) is 5.15. The molecule has 0 saturated heterocycles. The van der Waals surface area contributed by atoms with Crippen LogP contribution < -0.4 is 5.73 Å². The van der Waals surface area contributed by atoms with Gasteiger partial charge in [0.15, 0.2) is 5.82 Å². The summed E-state index contributed by atoms with van der Waals surface area (Å²) in [5, 5.41) is 14.4. The monoisotopic (exact) mass is 423 g/mol. The van der Waals surface area contributed by atoms with Crippen LogP contribution in [-0.4, -0.2) is 30.2 Å². The molecule has 3 aromatic carbocycles. The molecule has 5 aromatic rings. The minimum Gasteiger partial charge on any atom is -0.399 e. The summed E-state index contributed by atoms with van der Waals surface area (Å²) < 4.78 is 2.24. The third-order valence-corrected chi connectivity index (χ3v) is 5.79. The summed E-state index contributed by atoms with van der Waals surface area (Å²) in [5.41, 5.74) is 14.3. The number of hydrogen-bond donors (Lipinski definition) is 2. The molecule has 0 radical (unpaired) electrons. The number of nitrogens with two attached hydrogens (primary N) is 1. The Morgan fingerprint density at radius 3 is 2.56 bits per heavy atom. The highest BCUT2D eigenvalue weighted by molar-refractivity contribution is 5.84. The quantitative estimate of drug-likeness (QED) is 0.370. The van der Waals surface area contributed by atoms with E-state index in [-0.39, 0.29) is 0 Å². The van der Waals surface area contributed by atoms with Crippen molar-refractivity contribution < 1.29 is 0 Å². The standard InChI is InChI=1S/C25H25N7/c1-3-4-9-24-27-22-13-10-17(26)15-23(22)32(24)18-11-12-19(16(2)14-18)20-7-5-6-8-21(20)25-28-30-31-29-25/h5-8,10-15H,3-4,9,26H2,1-2H3,(H,28,29,30,31). The molecule has 7 nitrogen and oxygen atoms in total. The van der Waals surface area contributed by atoms with Crippen molar-refractivity contribution in [2.75, 3.05) is 5.73 Å². The van der Waals surface area contributed by atoms with Crippen LogP contribution in [0.2, 0.25) is 0 Å². The maximum atomic E-state index is 6.11. The predicted octanol–water partition coefficient (Wildman–Crippen LogP) is 5.11. The van der Waals surface area contributed by atoms with Gasteiger partial charge in [-0.2, -0.15) is 0 Å². The van der Waals surface area contributed by atoms with Crippen LogP contribution >= 0.6 is 0 Å². The maximum Gasteiger partial charge on any atom is 0.180 e. The van der Waals surface area contributed by atoms with Crippen LogP contribution in [-0.2, 0) is 6.42 Å². The molecular formula is C25H25N7. The molecule has 0 aliphatic heterocycles. The van der Waals surface area contributed by atoms with Gasteiger partial charge in [-0.25, -0.2) is 10.1 Å². The van der Waals surface area contributed by atoms with Crippen molar-refractivity contribution in [3.8, 4) is 28.2 Å². The Labute approximate surface area is 186 Å². The van der Waals surface area contributed by atoms with Crippen molar-refractivity contribution in [1.82, 2.24) is 30.2 Å². The Morgan fingerprint density at radius 1 is 0.969 bits per heavy atom. The average molecular weight is 424 g/mol. The van der Waals surface area contributed by atoms with E-state index in [1.54, 1.807) is 0 Å². The molecule has 32 heavy (non-hydrogen) atoms. The van der Waals surface area contributed by atoms with E-state index in [0.29, 0.717) is 5.82 Å². The zero-order chi connectivity index (χ0) is 22.1. The molecule has 0 saturated carbocycles. The van der Waals surface area contributed by atoms with Gasteiger partial charge in [0, 0.05) is 23.4 Å². The third-order valence-electron chi connectivity index (χ3n) is 5.79. The van der Waals surface area contributed by atoms with E-state index < -0.39 is 0 Å². The second kappa shape index (κ2) is 8.26. The van der Waals surface area contributed by atoms with Gasteiger partial charge in [-0.3, -0.25) is 4.57 Å². The molecule has 160 valence electrons. The summed E-state index contributed by atoms with van der Waals surface area (Å²) in [5.74, 6) is 1.72. The number of anilines is 1. The van der Waals surface area contributed by atoms with E-state index in [9.17, 15) is 0 Å². The van der Waals surface area contributed by atoms with Gasteiger partial charge in [-0.1, -0.05) is 43.7 Å². The minimum absolute atomic E-state index is 0.655. The lowest BCUT2D eigenvalue weighted by atomic mass is 9.95. The first-order valence-electron chi connectivity index (χ1n) is 10.9. The SMILES string of the molecule is CCCCc1nc2ccc(N)cc2n1-c1ccc(-c2ccccc2-c2nnn[nH]2)c(C)c1. The molecule has 5 rings (SSSR count). The first-order chi connectivity index (χ1) is 15.7. The van der Waals surface area contributed by atoms with Crippen molar-refractivity contribution in [1.29, 1.82) is 0 Å². The Hall–Kier alpha value is -4.00. The average Bonchev–Trinajstić information content (AvgIpc) is 3.45. The predicted molar refractivity (Wildman–Crippen MR) is 127 cm³/mol. The van der Waals surface area contributed by atoms with Gasteiger partial charge in [0.2, 0.25) is 0 Å². The highest BCUT2D eigenvalue weighted by atomic mass is 15.5. The molecule has 0 atom stereocenters. The molecule has 0 fully saturated rings. The topological polar surface area (TPSA) is 98.3 Å². The number of aromatic nitrogens is 6. The number of imidazole rings is 1. The third kappa shape index (κ3) is 3.51. The molecule has 0 aliphatic rings. The lowest BCUT2D eigenvalue weighted by molar-refractivity contribution is 0.744. The Balaban J connectivity index is 1.64. The molecule has 0 bridgehead atoms.